The van der Waals surface area contributed by atoms with Crippen LogP contribution >= 0.6 is 11.8 Å². The van der Waals surface area contributed by atoms with Crippen molar-refractivity contribution in [2.24, 2.45) is 0 Å². The van der Waals surface area contributed by atoms with Crippen molar-refractivity contribution in [2.75, 3.05) is 24.3 Å². The fraction of sp³-hybridized carbons (Fsp3) is 0.286. The lowest BCUT2D eigenvalue weighted by Gasteiger charge is -2.23. The predicted octanol–water partition coefficient (Wildman–Crippen LogP) is 2.81. The first-order valence-corrected chi connectivity index (χ1v) is 12.5. The Morgan fingerprint density at radius 1 is 1.16 bits per heavy atom. The monoisotopic (exact) mass is 460 g/mol. The molecule has 2 heterocycles. The Morgan fingerprint density at radius 3 is 2.52 bits per heavy atom. The average Bonchev–Trinajstić information content (AvgIpc) is 3.35. The van der Waals surface area contributed by atoms with Gasteiger partial charge in [-0.25, -0.2) is 12.8 Å². The van der Waals surface area contributed by atoms with Crippen LogP contribution in [0.3, 0.4) is 0 Å². The first kappa shape index (κ1) is 21.5. The number of rotatable bonds is 6. The number of nitrogens with zero attached hydrogens (tertiary/aromatic N) is 4. The Kier molecular flexibility index (Phi) is 6.10. The van der Waals surface area contributed by atoms with Crippen molar-refractivity contribution >= 4 is 27.5 Å². The van der Waals surface area contributed by atoms with Gasteiger partial charge in [0.15, 0.2) is 20.8 Å². The number of sulfone groups is 1. The summed E-state index contributed by atoms with van der Waals surface area (Å²) < 4.78 is 38.7. The number of aromatic nitrogens is 3. The zero-order valence-corrected chi connectivity index (χ0v) is 18.4. The van der Waals surface area contributed by atoms with Crippen molar-refractivity contribution in [1.82, 2.24) is 19.7 Å². The van der Waals surface area contributed by atoms with Crippen LogP contribution in [-0.4, -0.2) is 64.3 Å². The molecule has 0 N–H and O–H groups in total. The van der Waals surface area contributed by atoms with E-state index in [0.29, 0.717) is 23.1 Å². The van der Waals surface area contributed by atoms with Crippen LogP contribution in [0.5, 0.6) is 0 Å². The molecule has 0 radical (unpaired) electrons. The third-order valence-corrected chi connectivity index (χ3v) is 7.89. The van der Waals surface area contributed by atoms with Crippen molar-refractivity contribution < 1.29 is 17.6 Å². The molecule has 0 spiro atoms. The largest absolute Gasteiger partial charge is 0.341 e. The summed E-state index contributed by atoms with van der Waals surface area (Å²) in [5, 5.41) is 9.05. The van der Waals surface area contributed by atoms with Gasteiger partial charge < -0.3 is 4.90 Å². The maximum Gasteiger partial charge on any atom is 0.233 e. The van der Waals surface area contributed by atoms with Gasteiger partial charge in [-0.2, -0.15) is 0 Å². The summed E-state index contributed by atoms with van der Waals surface area (Å²) in [6.45, 7) is 0. The molecule has 4 rings (SSSR count). The number of hydrogen-bond donors (Lipinski definition) is 0. The third kappa shape index (κ3) is 4.80. The lowest BCUT2D eigenvalue weighted by Crippen LogP contribution is -2.38. The summed E-state index contributed by atoms with van der Waals surface area (Å²) in [6, 6.07) is 15.2. The van der Waals surface area contributed by atoms with Gasteiger partial charge >= 0.3 is 0 Å². The Morgan fingerprint density at radius 2 is 1.87 bits per heavy atom. The maximum absolute atomic E-state index is 13.5. The van der Waals surface area contributed by atoms with Crippen LogP contribution in [0.2, 0.25) is 0 Å². The summed E-state index contributed by atoms with van der Waals surface area (Å²) in [5.74, 6) is 0.252. The molecule has 1 aliphatic rings. The number of carbonyl (C=O) groups excluding carboxylic acids is 1. The first-order chi connectivity index (χ1) is 14.8. The van der Waals surface area contributed by atoms with Crippen molar-refractivity contribution in [3.8, 4) is 17.1 Å². The van der Waals surface area contributed by atoms with Gasteiger partial charge in [-0.15, -0.1) is 10.2 Å². The zero-order valence-electron chi connectivity index (χ0n) is 16.8. The van der Waals surface area contributed by atoms with E-state index in [0.717, 1.165) is 5.56 Å². The third-order valence-electron chi connectivity index (χ3n) is 5.22. The maximum atomic E-state index is 13.5. The van der Waals surface area contributed by atoms with E-state index in [1.165, 1.54) is 28.8 Å². The molecule has 0 unspecified atom stereocenters. The van der Waals surface area contributed by atoms with Gasteiger partial charge in [-0.3, -0.25) is 9.36 Å². The van der Waals surface area contributed by atoms with E-state index in [1.807, 2.05) is 30.3 Å². The van der Waals surface area contributed by atoms with Gasteiger partial charge in [-0.05, 0) is 30.7 Å². The molecule has 1 fully saturated rings. The molecule has 0 aliphatic carbocycles. The Hall–Kier alpha value is -2.72. The van der Waals surface area contributed by atoms with Gasteiger partial charge in [0.25, 0.3) is 0 Å². The molecule has 7 nitrogen and oxygen atoms in total. The molecule has 1 aliphatic heterocycles. The molecule has 1 saturated heterocycles. The summed E-state index contributed by atoms with van der Waals surface area (Å²) >= 11 is 1.21. The number of thioether (sulfide) groups is 1. The highest BCUT2D eigenvalue weighted by atomic mass is 32.2. The van der Waals surface area contributed by atoms with Crippen LogP contribution in [0.25, 0.3) is 17.1 Å². The molecule has 0 saturated carbocycles. The highest BCUT2D eigenvalue weighted by molar-refractivity contribution is 7.99. The summed E-state index contributed by atoms with van der Waals surface area (Å²) in [6.07, 6.45) is 0.457. The Bertz CT molecular complexity index is 1180. The van der Waals surface area contributed by atoms with Crippen LogP contribution in [0, 0.1) is 5.82 Å². The second-order valence-electron chi connectivity index (χ2n) is 7.33. The lowest BCUT2D eigenvalue weighted by atomic mass is 10.2. The summed E-state index contributed by atoms with van der Waals surface area (Å²) in [5.41, 5.74) is 1.52. The molecule has 10 heteroatoms. The van der Waals surface area contributed by atoms with Gasteiger partial charge in [0, 0.05) is 24.3 Å². The van der Waals surface area contributed by atoms with Crippen LogP contribution in [0.4, 0.5) is 4.39 Å². The topological polar surface area (TPSA) is 85.2 Å². The average molecular weight is 461 g/mol. The molecule has 3 aromatic rings. The number of halogens is 1. The quantitative estimate of drug-likeness (QED) is 0.526. The van der Waals surface area contributed by atoms with Gasteiger partial charge in [0.05, 0.1) is 17.3 Å². The standard InChI is InChI=1S/C21H21FN4O3S2/c1-25(18-11-12-31(28,29)14-18)19(27)13-30-21-24-23-20(15-5-3-2-4-6-15)26(21)17-9-7-16(22)8-10-17/h2-10,18H,11-14H2,1H3/t18-/m0/s1. The number of hydrogen-bond acceptors (Lipinski definition) is 6. The van der Waals surface area contributed by atoms with E-state index in [2.05, 4.69) is 10.2 Å². The molecule has 1 amide bonds. The van der Waals surface area contributed by atoms with E-state index in [-0.39, 0.29) is 35.0 Å². The van der Waals surface area contributed by atoms with Crippen LogP contribution in [0.1, 0.15) is 6.42 Å². The minimum absolute atomic E-state index is 0.00379. The molecular weight excluding hydrogens is 439 g/mol. The number of benzene rings is 2. The predicted molar refractivity (Wildman–Crippen MR) is 117 cm³/mol. The summed E-state index contributed by atoms with van der Waals surface area (Å²) in [4.78, 5) is 14.2. The Balaban J connectivity index is 1.58. The van der Waals surface area contributed by atoms with Gasteiger partial charge in [0.1, 0.15) is 5.82 Å². The summed E-state index contributed by atoms with van der Waals surface area (Å²) in [7, 11) is -1.44. The van der Waals surface area contributed by atoms with Crippen molar-refractivity contribution in [1.29, 1.82) is 0 Å². The second-order valence-corrected chi connectivity index (χ2v) is 10.5. The minimum Gasteiger partial charge on any atom is -0.341 e. The Labute approximate surface area is 184 Å². The van der Waals surface area contributed by atoms with E-state index >= 15 is 0 Å². The highest BCUT2D eigenvalue weighted by Gasteiger charge is 2.32. The van der Waals surface area contributed by atoms with Crippen LogP contribution in [-0.2, 0) is 14.6 Å². The molecule has 0 bridgehead atoms. The van der Waals surface area contributed by atoms with Gasteiger partial charge in [-0.1, -0.05) is 42.1 Å². The molecule has 1 atom stereocenters. The highest BCUT2D eigenvalue weighted by Crippen LogP contribution is 2.28. The van der Waals surface area contributed by atoms with Crippen LogP contribution in [0.15, 0.2) is 59.8 Å². The van der Waals surface area contributed by atoms with Crippen molar-refractivity contribution in [3.63, 3.8) is 0 Å². The zero-order chi connectivity index (χ0) is 22.0. The van der Waals surface area contributed by atoms with Crippen molar-refractivity contribution in [2.45, 2.75) is 17.6 Å². The van der Waals surface area contributed by atoms with E-state index in [1.54, 1.807) is 23.7 Å². The molecule has 31 heavy (non-hydrogen) atoms. The SMILES string of the molecule is CN(C(=O)CSc1nnc(-c2ccccc2)n1-c1ccc(F)cc1)[C@H]1CCS(=O)(=O)C1. The van der Waals surface area contributed by atoms with E-state index in [4.69, 9.17) is 0 Å². The molecular formula is C21H21FN4O3S2. The lowest BCUT2D eigenvalue weighted by molar-refractivity contribution is -0.128. The second kappa shape index (κ2) is 8.80. The van der Waals surface area contributed by atoms with Crippen LogP contribution < -0.4 is 0 Å². The fourth-order valence-electron chi connectivity index (χ4n) is 3.47. The normalized spacial score (nSPS) is 17.5. The first-order valence-electron chi connectivity index (χ1n) is 9.70. The molecule has 1 aromatic heterocycles. The van der Waals surface area contributed by atoms with E-state index in [9.17, 15) is 17.6 Å². The van der Waals surface area contributed by atoms with E-state index < -0.39 is 9.84 Å². The van der Waals surface area contributed by atoms with Gasteiger partial charge in [0.2, 0.25) is 5.91 Å². The van der Waals surface area contributed by atoms with Crippen molar-refractivity contribution in [3.05, 3.63) is 60.4 Å². The molecule has 2 aromatic carbocycles. The fourth-order valence-corrected chi connectivity index (χ4v) is 6.12. The molecule has 162 valence electrons. The number of amides is 1. The number of carbonyl (C=O) groups is 1. The smallest absolute Gasteiger partial charge is 0.233 e. The minimum atomic E-state index is -3.07.